The van der Waals surface area contributed by atoms with Crippen LogP contribution >= 0.6 is 15.9 Å². The third kappa shape index (κ3) is 4.68. The molecule has 1 aromatic carbocycles. The third-order valence-corrected chi connectivity index (χ3v) is 4.87. The molecule has 0 fully saturated rings. The van der Waals surface area contributed by atoms with Gasteiger partial charge >= 0.3 is 0 Å². The van der Waals surface area contributed by atoms with Gasteiger partial charge in [-0.05, 0) is 28.4 Å². The molecule has 2 atom stereocenters. The molecule has 0 heterocycles. The lowest BCUT2D eigenvalue weighted by Gasteiger charge is -2.10. The number of carbonyl (C=O) groups excluding carboxylic acids is 1. The van der Waals surface area contributed by atoms with Crippen molar-refractivity contribution in [1.29, 1.82) is 0 Å². The Balaban J connectivity index is 2.70. The first-order valence-electron chi connectivity index (χ1n) is 5.87. The van der Waals surface area contributed by atoms with E-state index in [2.05, 4.69) is 21.2 Å². The Kier molecular flexibility index (Phi) is 6.28. The van der Waals surface area contributed by atoms with Gasteiger partial charge in [0.15, 0.2) is 0 Å². The van der Waals surface area contributed by atoms with Gasteiger partial charge in [-0.1, -0.05) is 6.92 Å². The molecule has 0 aliphatic carbocycles. The van der Waals surface area contributed by atoms with Gasteiger partial charge in [0.05, 0.1) is 10.5 Å². The van der Waals surface area contributed by atoms with E-state index in [0.717, 1.165) is 0 Å². The summed E-state index contributed by atoms with van der Waals surface area (Å²) in [6.07, 6.45) is 2.20. The van der Waals surface area contributed by atoms with Crippen molar-refractivity contribution in [3.05, 3.63) is 38.3 Å². The normalized spacial score (nSPS) is 13.6. The van der Waals surface area contributed by atoms with Crippen LogP contribution in [0.3, 0.4) is 0 Å². The first-order valence-corrected chi connectivity index (χ1v) is 8.28. The molecule has 0 aliphatic rings. The number of carbonyl (C=O) groups is 1. The van der Waals surface area contributed by atoms with E-state index in [1.54, 1.807) is 6.26 Å². The summed E-state index contributed by atoms with van der Waals surface area (Å²) in [4.78, 5) is 22.1. The van der Waals surface area contributed by atoms with Gasteiger partial charge < -0.3 is 5.32 Å². The van der Waals surface area contributed by atoms with Crippen molar-refractivity contribution in [1.82, 2.24) is 5.32 Å². The molecule has 0 aromatic heterocycles. The largest absolute Gasteiger partial charge is 0.352 e. The number of hydrogen-bond donors (Lipinski definition) is 1. The molecule has 2 unspecified atom stereocenters. The summed E-state index contributed by atoms with van der Waals surface area (Å²) in [6.45, 7) is 2.21. The van der Waals surface area contributed by atoms with Crippen LogP contribution in [0.2, 0.25) is 0 Å². The van der Waals surface area contributed by atoms with Gasteiger partial charge in [0, 0.05) is 45.5 Å². The fourth-order valence-electron chi connectivity index (χ4n) is 1.45. The molecule has 6 nitrogen and oxygen atoms in total. The minimum atomic E-state index is -0.934. The smallest absolute Gasteiger partial charge is 0.270 e. The Hall–Kier alpha value is -1.28. The number of hydrogen-bond acceptors (Lipinski definition) is 4. The van der Waals surface area contributed by atoms with E-state index in [-0.39, 0.29) is 16.5 Å². The molecule has 8 heteroatoms. The van der Waals surface area contributed by atoms with E-state index in [0.29, 0.717) is 17.4 Å². The van der Waals surface area contributed by atoms with Crippen molar-refractivity contribution in [3.8, 4) is 0 Å². The van der Waals surface area contributed by atoms with Crippen molar-refractivity contribution in [2.45, 2.75) is 18.6 Å². The molecule has 1 rings (SSSR count). The molecule has 20 heavy (non-hydrogen) atoms. The SMILES string of the molecule is CC(CCNC(=O)c1cc([N+](=O)[O-])ccc1Br)S(C)=O. The van der Waals surface area contributed by atoms with Crippen LogP contribution in [0.5, 0.6) is 0 Å². The highest BCUT2D eigenvalue weighted by atomic mass is 79.9. The zero-order valence-electron chi connectivity index (χ0n) is 11.1. The molecule has 0 saturated heterocycles. The molecular formula is C12H15BrN2O4S. The van der Waals surface area contributed by atoms with Crippen LogP contribution in [0, 0.1) is 10.1 Å². The summed E-state index contributed by atoms with van der Waals surface area (Å²) in [5, 5.41) is 13.3. The van der Waals surface area contributed by atoms with Crippen molar-refractivity contribution in [2.75, 3.05) is 12.8 Å². The number of amides is 1. The number of halogens is 1. The number of nitrogens with zero attached hydrogens (tertiary/aromatic N) is 1. The molecule has 110 valence electrons. The van der Waals surface area contributed by atoms with Gasteiger partial charge in [0.2, 0.25) is 0 Å². The molecule has 0 radical (unpaired) electrons. The number of benzene rings is 1. The standard InChI is InChI=1S/C12H15BrN2O4S/c1-8(20(2)19)5-6-14-12(16)10-7-9(15(17)18)3-4-11(10)13/h3-4,7-8H,5-6H2,1-2H3,(H,14,16). The van der Waals surface area contributed by atoms with Crippen LogP contribution in [-0.4, -0.2) is 33.1 Å². The number of non-ortho nitro benzene ring substituents is 1. The van der Waals surface area contributed by atoms with E-state index in [1.165, 1.54) is 18.2 Å². The number of nitro benzene ring substituents is 1. The van der Waals surface area contributed by atoms with Crippen LogP contribution in [0.25, 0.3) is 0 Å². The average molecular weight is 363 g/mol. The quantitative estimate of drug-likeness (QED) is 0.620. The van der Waals surface area contributed by atoms with Crippen molar-refractivity contribution >= 4 is 38.3 Å². The van der Waals surface area contributed by atoms with Crippen molar-refractivity contribution in [2.24, 2.45) is 0 Å². The van der Waals surface area contributed by atoms with E-state index in [4.69, 9.17) is 0 Å². The molecule has 1 N–H and O–H groups in total. The van der Waals surface area contributed by atoms with Gasteiger partial charge in [-0.3, -0.25) is 19.1 Å². The minimum absolute atomic E-state index is 0.0103. The second-order valence-electron chi connectivity index (χ2n) is 4.28. The lowest BCUT2D eigenvalue weighted by molar-refractivity contribution is -0.384. The lowest BCUT2D eigenvalue weighted by atomic mass is 10.2. The fraction of sp³-hybridized carbons (Fsp3) is 0.417. The maximum absolute atomic E-state index is 12.0. The van der Waals surface area contributed by atoms with Gasteiger partial charge in [-0.2, -0.15) is 0 Å². The van der Waals surface area contributed by atoms with Crippen molar-refractivity contribution in [3.63, 3.8) is 0 Å². The fourth-order valence-corrected chi connectivity index (χ4v) is 2.33. The zero-order valence-corrected chi connectivity index (χ0v) is 13.5. The first kappa shape index (κ1) is 16.8. The summed E-state index contributed by atoms with van der Waals surface area (Å²) in [5.41, 5.74) is 0.0749. The molecular weight excluding hydrogens is 348 g/mol. The zero-order chi connectivity index (χ0) is 15.3. The summed E-state index contributed by atoms with van der Waals surface area (Å²) in [6, 6.07) is 4.01. The maximum Gasteiger partial charge on any atom is 0.270 e. The molecule has 0 saturated carbocycles. The van der Waals surface area contributed by atoms with Crippen LogP contribution in [0.15, 0.2) is 22.7 Å². The highest BCUT2D eigenvalue weighted by molar-refractivity contribution is 9.10. The van der Waals surface area contributed by atoms with E-state index < -0.39 is 21.6 Å². The van der Waals surface area contributed by atoms with E-state index in [1.807, 2.05) is 6.92 Å². The van der Waals surface area contributed by atoms with E-state index in [9.17, 15) is 19.1 Å². The third-order valence-electron chi connectivity index (χ3n) is 2.81. The van der Waals surface area contributed by atoms with Crippen molar-refractivity contribution < 1.29 is 13.9 Å². The van der Waals surface area contributed by atoms with Crippen LogP contribution in [0.4, 0.5) is 5.69 Å². The highest BCUT2D eigenvalue weighted by Crippen LogP contribution is 2.22. The summed E-state index contributed by atoms with van der Waals surface area (Å²) in [7, 11) is -0.934. The Morgan fingerprint density at radius 2 is 2.20 bits per heavy atom. The van der Waals surface area contributed by atoms with Gasteiger partial charge in [-0.15, -0.1) is 0 Å². The molecule has 0 aliphatic heterocycles. The van der Waals surface area contributed by atoms with E-state index >= 15 is 0 Å². The molecule has 1 amide bonds. The summed E-state index contributed by atoms with van der Waals surface area (Å²) in [5.74, 6) is -0.394. The summed E-state index contributed by atoms with van der Waals surface area (Å²) < 4.78 is 11.7. The molecule has 0 spiro atoms. The number of nitro groups is 1. The Labute approximate surface area is 127 Å². The average Bonchev–Trinajstić information content (AvgIpc) is 2.38. The van der Waals surface area contributed by atoms with Gasteiger partial charge in [0.25, 0.3) is 11.6 Å². The van der Waals surface area contributed by atoms with Crippen LogP contribution < -0.4 is 5.32 Å². The second kappa shape index (κ2) is 7.49. The Morgan fingerprint density at radius 1 is 1.55 bits per heavy atom. The topological polar surface area (TPSA) is 89.3 Å². The maximum atomic E-state index is 12.0. The van der Waals surface area contributed by atoms with Crippen LogP contribution in [-0.2, 0) is 10.8 Å². The lowest BCUT2D eigenvalue weighted by Crippen LogP contribution is -2.27. The second-order valence-corrected chi connectivity index (χ2v) is 6.93. The predicted octanol–water partition coefficient (Wildman–Crippen LogP) is 2.24. The van der Waals surface area contributed by atoms with Gasteiger partial charge in [0.1, 0.15) is 0 Å². The number of rotatable bonds is 6. The van der Waals surface area contributed by atoms with Gasteiger partial charge in [-0.25, -0.2) is 0 Å². The highest BCUT2D eigenvalue weighted by Gasteiger charge is 2.15. The minimum Gasteiger partial charge on any atom is -0.352 e. The summed E-state index contributed by atoms with van der Waals surface area (Å²) >= 11 is 3.19. The first-order chi connectivity index (χ1) is 9.32. The predicted molar refractivity (Wildman–Crippen MR) is 81.3 cm³/mol. The molecule has 0 bridgehead atoms. The monoisotopic (exact) mass is 362 g/mol. The Morgan fingerprint density at radius 3 is 2.75 bits per heavy atom. The Bertz CT molecular complexity index is 550. The van der Waals surface area contributed by atoms with Crippen LogP contribution in [0.1, 0.15) is 23.7 Å². The molecule has 1 aromatic rings. The number of nitrogens with one attached hydrogen (secondary N) is 1.